The molecule has 0 saturated heterocycles. The molecule has 2 rings (SSSR count). The molecular formula is C14H25NO4S. The SMILES string of the molecule is O=C(O)CC1(NS(=O)(=O)CC2CCCCC2)CCCC1. The summed E-state index contributed by atoms with van der Waals surface area (Å²) in [5.41, 5.74) is -0.737. The van der Waals surface area contributed by atoms with Crippen LogP contribution in [0.2, 0.25) is 0 Å². The van der Waals surface area contributed by atoms with E-state index in [-0.39, 0.29) is 18.1 Å². The lowest BCUT2D eigenvalue weighted by atomic mass is 9.91. The second-order valence-corrected chi connectivity index (χ2v) is 8.21. The van der Waals surface area contributed by atoms with Gasteiger partial charge in [0.05, 0.1) is 12.2 Å². The fourth-order valence-electron chi connectivity index (χ4n) is 3.69. The third kappa shape index (κ3) is 4.45. The van der Waals surface area contributed by atoms with Gasteiger partial charge in [0, 0.05) is 5.54 Å². The minimum atomic E-state index is -3.38. The molecule has 0 aliphatic heterocycles. The number of carboxylic acid groups (broad SMARTS) is 1. The summed E-state index contributed by atoms with van der Waals surface area (Å²) < 4.78 is 27.4. The number of hydrogen-bond donors (Lipinski definition) is 2. The number of nitrogens with one attached hydrogen (secondary N) is 1. The van der Waals surface area contributed by atoms with Gasteiger partial charge < -0.3 is 5.11 Å². The van der Waals surface area contributed by atoms with E-state index in [1.54, 1.807) is 0 Å². The Bertz CT molecular complexity index is 434. The maximum atomic E-state index is 12.3. The zero-order valence-electron chi connectivity index (χ0n) is 11.9. The van der Waals surface area contributed by atoms with Crippen LogP contribution in [0.1, 0.15) is 64.2 Å². The minimum absolute atomic E-state index is 0.100. The number of rotatable bonds is 6. The van der Waals surface area contributed by atoms with E-state index in [2.05, 4.69) is 4.72 Å². The van der Waals surface area contributed by atoms with Crippen LogP contribution in [0.15, 0.2) is 0 Å². The van der Waals surface area contributed by atoms with E-state index in [1.807, 2.05) is 0 Å². The van der Waals surface area contributed by atoms with Crippen molar-refractivity contribution in [2.45, 2.75) is 69.7 Å². The van der Waals surface area contributed by atoms with Crippen molar-refractivity contribution in [3.8, 4) is 0 Å². The molecule has 116 valence electrons. The molecule has 2 saturated carbocycles. The molecule has 2 aliphatic carbocycles. The predicted molar refractivity (Wildman–Crippen MR) is 76.9 cm³/mol. The molecule has 2 N–H and O–H groups in total. The monoisotopic (exact) mass is 303 g/mol. The van der Waals surface area contributed by atoms with Gasteiger partial charge in [0.1, 0.15) is 0 Å². The summed E-state index contributed by atoms with van der Waals surface area (Å²) in [4.78, 5) is 11.0. The van der Waals surface area contributed by atoms with Crippen LogP contribution in [0.5, 0.6) is 0 Å². The first-order valence-electron chi connectivity index (χ1n) is 7.64. The van der Waals surface area contributed by atoms with Gasteiger partial charge in [0.25, 0.3) is 0 Å². The van der Waals surface area contributed by atoms with Gasteiger partial charge >= 0.3 is 5.97 Å². The van der Waals surface area contributed by atoms with Crippen molar-refractivity contribution in [1.29, 1.82) is 0 Å². The van der Waals surface area contributed by atoms with Gasteiger partial charge in [0.15, 0.2) is 0 Å². The Morgan fingerprint density at radius 1 is 1.10 bits per heavy atom. The van der Waals surface area contributed by atoms with E-state index >= 15 is 0 Å². The van der Waals surface area contributed by atoms with Crippen LogP contribution < -0.4 is 4.72 Å². The van der Waals surface area contributed by atoms with Crippen LogP contribution in [0.4, 0.5) is 0 Å². The van der Waals surface area contributed by atoms with Crippen molar-refractivity contribution in [2.75, 3.05) is 5.75 Å². The first-order chi connectivity index (χ1) is 9.41. The molecule has 5 nitrogen and oxygen atoms in total. The van der Waals surface area contributed by atoms with E-state index < -0.39 is 21.5 Å². The van der Waals surface area contributed by atoms with Gasteiger partial charge in [-0.25, -0.2) is 13.1 Å². The smallest absolute Gasteiger partial charge is 0.305 e. The molecular weight excluding hydrogens is 278 g/mol. The lowest BCUT2D eigenvalue weighted by Gasteiger charge is -2.30. The molecule has 0 spiro atoms. The van der Waals surface area contributed by atoms with Crippen LogP contribution >= 0.6 is 0 Å². The van der Waals surface area contributed by atoms with Crippen molar-refractivity contribution in [2.24, 2.45) is 5.92 Å². The first-order valence-corrected chi connectivity index (χ1v) is 9.30. The number of carboxylic acids is 1. The zero-order chi connectivity index (χ0) is 14.6. The second kappa shape index (κ2) is 6.43. The minimum Gasteiger partial charge on any atom is -0.481 e. The molecule has 6 heteroatoms. The maximum absolute atomic E-state index is 12.3. The van der Waals surface area contributed by atoms with Gasteiger partial charge in [-0.3, -0.25) is 4.79 Å². The molecule has 0 bridgehead atoms. The molecule has 2 aliphatic rings. The highest BCUT2D eigenvalue weighted by molar-refractivity contribution is 7.89. The molecule has 20 heavy (non-hydrogen) atoms. The highest BCUT2D eigenvalue weighted by Crippen LogP contribution is 2.34. The van der Waals surface area contributed by atoms with Gasteiger partial charge in [-0.05, 0) is 31.6 Å². The van der Waals surface area contributed by atoms with Crippen LogP contribution in [-0.4, -0.2) is 30.8 Å². The van der Waals surface area contributed by atoms with Crippen LogP contribution in [-0.2, 0) is 14.8 Å². The van der Waals surface area contributed by atoms with Crippen molar-refractivity contribution < 1.29 is 18.3 Å². The van der Waals surface area contributed by atoms with Gasteiger partial charge in [-0.1, -0.05) is 32.1 Å². The molecule has 0 aromatic carbocycles. The summed E-state index contributed by atoms with van der Waals surface area (Å²) >= 11 is 0. The number of hydrogen-bond acceptors (Lipinski definition) is 3. The molecule has 0 unspecified atom stereocenters. The summed E-state index contributed by atoms with van der Waals surface area (Å²) in [6, 6.07) is 0. The lowest BCUT2D eigenvalue weighted by Crippen LogP contribution is -2.49. The molecule has 0 radical (unpaired) electrons. The van der Waals surface area contributed by atoms with Gasteiger partial charge in [-0.2, -0.15) is 0 Å². The average molecular weight is 303 g/mol. The van der Waals surface area contributed by atoms with Crippen LogP contribution in [0.3, 0.4) is 0 Å². The second-order valence-electron chi connectivity index (χ2n) is 6.45. The zero-order valence-corrected chi connectivity index (χ0v) is 12.8. The Morgan fingerprint density at radius 2 is 1.70 bits per heavy atom. The van der Waals surface area contributed by atoms with E-state index in [0.717, 1.165) is 38.5 Å². The van der Waals surface area contributed by atoms with E-state index in [1.165, 1.54) is 6.42 Å². The van der Waals surface area contributed by atoms with Crippen LogP contribution in [0, 0.1) is 5.92 Å². The largest absolute Gasteiger partial charge is 0.481 e. The quantitative estimate of drug-likeness (QED) is 0.788. The molecule has 0 heterocycles. The molecule has 0 aromatic heterocycles. The standard InChI is InChI=1S/C14H25NO4S/c16-13(17)10-14(8-4-5-9-14)15-20(18,19)11-12-6-2-1-3-7-12/h12,15H,1-11H2,(H,16,17). The van der Waals surface area contributed by atoms with E-state index in [0.29, 0.717) is 12.8 Å². The maximum Gasteiger partial charge on any atom is 0.305 e. The van der Waals surface area contributed by atoms with Gasteiger partial charge in [0.2, 0.25) is 10.0 Å². The Labute approximate surface area is 121 Å². The van der Waals surface area contributed by atoms with Crippen molar-refractivity contribution in [3.05, 3.63) is 0 Å². The van der Waals surface area contributed by atoms with Crippen LogP contribution in [0.25, 0.3) is 0 Å². The summed E-state index contributed by atoms with van der Waals surface area (Å²) in [6.45, 7) is 0. The highest BCUT2D eigenvalue weighted by atomic mass is 32.2. The van der Waals surface area contributed by atoms with Crippen molar-refractivity contribution in [3.63, 3.8) is 0 Å². The molecule has 2 fully saturated rings. The molecule has 0 aromatic rings. The third-order valence-corrected chi connectivity index (χ3v) is 6.26. The fourth-order valence-corrected chi connectivity index (χ4v) is 5.67. The average Bonchev–Trinajstić information content (AvgIpc) is 2.75. The van der Waals surface area contributed by atoms with Gasteiger partial charge in [-0.15, -0.1) is 0 Å². The summed E-state index contributed by atoms with van der Waals surface area (Å²) in [7, 11) is -3.38. The number of aliphatic carboxylic acids is 1. The van der Waals surface area contributed by atoms with E-state index in [4.69, 9.17) is 5.11 Å². The Kier molecular flexibility index (Phi) is 5.07. The summed E-state index contributed by atoms with van der Waals surface area (Å²) in [5.74, 6) is -0.522. The first kappa shape index (κ1) is 15.8. The lowest BCUT2D eigenvalue weighted by molar-refractivity contribution is -0.138. The van der Waals surface area contributed by atoms with E-state index in [9.17, 15) is 13.2 Å². The number of carbonyl (C=O) groups is 1. The fraction of sp³-hybridized carbons (Fsp3) is 0.929. The van der Waals surface area contributed by atoms with Crippen molar-refractivity contribution >= 4 is 16.0 Å². The predicted octanol–water partition coefficient (Wildman–Crippen LogP) is 2.27. The Balaban J connectivity index is 1.99. The van der Waals surface area contributed by atoms with Crippen molar-refractivity contribution in [1.82, 2.24) is 4.72 Å². The Morgan fingerprint density at radius 3 is 2.25 bits per heavy atom. The molecule has 0 amide bonds. The normalized spacial score (nSPS) is 23.8. The summed E-state index contributed by atoms with van der Waals surface area (Å²) in [5, 5.41) is 9.02. The topological polar surface area (TPSA) is 83.5 Å². The summed E-state index contributed by atoms with van der Waals surface area (Å²) in [6.07, 6.45) is 8.37. The number of sulfonamides is 1. The third-order valence-electron chi connectivity index (χ3n) is 4.60. The Hall–Kier alpha value is -0.620. The highest BCUT2D eigenvalue weighted by Gasteiger charge is 2.39. The molecule has 0 atom stereocenters.